The number of aliphatic hydroxyl groups is 2. The van der Waals surface area contributed by atoms with E-state index in [0.29, 0.717) is 13.8 Å². The quantitative estimate of drug-likeness (QED) is 0.209. The molecule has 0 fully saturated rings. The smallest absolute Gasteiger partial charge is 0.376 e. The highest BCUT2D eigenvalue weighted by Crippen LogP contribution is 2.64. The Labute approximate surface area is 187 Å². The Morgan fingerprint density at radius 2 is 0.806 bits per heavy atom. The highest BCUT2D eigenvalue weighted by molar-refractivity contribution is 7.87. The number of aliphatic hydroxyl groups excluding tert-OH is 2. The fourth-order valence-electron chi connectivity index (χ4n) is 1.90. The van der Waals surface area contributed by atoms with E-state index in [1.54, 1.807) is 0 Å². The van der Waals surface area contributed by atoms with Crippen LogP contribution in [0.3, 0.4) is 0 Å². The molecule has 0 spiro atoms. The average Bonchev–Trinajstić information content (AvgIpc) is 2.63. The molecule has 0 radical (unpaired) electrons. The normalized spacial score (nSPS) is 17.9. The number of halogens is 17. The van der Waals surface area contributed by atoms with Crippen LogP contribution in [-0.4, -0.2) is 83.1 Å². The molecule has 2 unspecified atom stereocenters. The van der Waals surface area contributed by atoms with Crippen molar-refractivity contribution in [1.82, 2.24) is 5.06 Å². The third-order valence-electron chi connectivity index (χ3n) is 3.93. The van der Waals surface area contributed by atoms with Gasteiger partial charge in [-0.3, -0.25) is 0 Å². The molecule has 2 N–H and O–H groups in total. The summed E-state index contributed by atoms with van der Waals surface area (Å²) in [4.78, 5) is 0. The van der Waals surface area contributed by atoms with Gasteiger partial charge in [0.15, 0.2) is 0 Å². The maximum absolute atomic E-state index is 13.8. The van der Waals surface area contributed by atoms with Crippen molar-refractivity contribution in [3.8, 4) is 0 Å². The summed E-state index contributed by atoms with van der Waals surface area (Å²) < 4.78 is 249. The summed E-state index contributed by atoms with van der Waals surface area (Å²) in [5, 5.41) is 9.00. The van der Waals surface area contributed by atoms with Gasteiger partial charge in [0.2, 0.25) is 0 Å². The van der Waals surface area contributed by atoms with Crippen molar-refractivity contribution in [3.05, 3.63) is 0 Å². The number of hydrogen-bond donors (Lipinski definition) is 2. The number of alkyl halides is 17. The molecule has 218 valence electrons. The molecule has 0 aromatic carbocycles. The summed E-state index contributed by atoms with van der Waals surface area (Å²) in [7, 11) is -7.93. The fraction of sp³-hybridized carbons (Fsp3) is 1.00. The molecule has 0 amide bonds. The van der Waals surface area contributed by atoms with Gasteiger partial charge in [-0.25, -0.2) is 0 Å². The zero-order valence-electron chi connectivity index (χ0n) is 16.6. The van der Waals surface area contributed by atoms with Crippen molar-refractivity contribution in [2.24, 2.45) is 0 Å². The SMILES string of the molecule is CC(O)N(OS(=O)(=O)C(F)(F)C(F)(F)C(F)(F)C(F)(F)C(F)(F)C(F)(F)C(F)(F)C(F)(F)F)C(C)O. The number of hydrogen-bond acceptors (Lipinski definition) is 6. The molecule has 0 saturated carbocycles. The van der Waals surface area contributed by atoms with E-state index >= 15 is 0 Å². The molecule has 0 rings (SSSR count). The molecule has 0 aliphatic rings. The lowest BCUT2D eigenvalue weighted by molar-refractivity contribution is -0.458. The van der Waals surface area contributed by atoms with Gasteiger partial charge in [0.05, 0.1) is 0 Å². The summed E-state index contributed by atoms with van der Waals surface area (Å²) in [5.41, 5.74) is 0. The Kier molecular flexibility index (Phi) is 8.76. The van der Waals surface area contributed by atoms with Crippen molar-refractivity contribution in [2.45, 2.75) is 73.3 Å². The van der Waals surface area contributed by atoms with Gasteiger partial charge in [-0.2, -0.15) is 87.3 Å². The lowest BCUT2D eigenvalue weighted by atomic mass is 9.91. The maximum atomic E-state index is 13.8. The minimum atomic E-state index is -8.98. The van der Waals surface area contributed by atoms with Crippen molar-refractivity contribution in [1.29, 1.82) is 0 Å². The Morgan fingerprint density at radius 1 is 0.556 bits per heavy atom. The van der Waals surface area contributed by atoms with Crippen LogP contribution in [0.25, 0.3) is 0 Å². The Balaban J connectivity index is 6.95. The van der Waals surface area contributed by atoms with Crippen molar-refractivity contribution in [2.75, 3.05) is 0 Å². The van der Waals surface area contributed by atoms with Crippen molar-refractivity contribution >= 4 is 10.1 Å². The minimum Gasteiger partial charge on any atom is -0.376 e. The highest BCUT2D eigenvalue weighted by atomic mass is 32.2. The van der Waals surface area contributed by atoms with E-state index in [-0.39, 0.29) is 0 Å². The molecule has 0 aliphatic carbocycles. The van der Waals surface area contributed by atoms with Crippen LogP contribution < -0.4 is 0 Å². The first kappa shape index (κ1) is 34.6. The maximum Gasteiger partial charge on any atom is 0.460 e. The van der Waals surface area contributed by atoms with Gasteiger partial charge in [0.25, 0.3) is 0 Å². The lowest BCUT2D eigenvalue weighted by Crippen LogP contribution is -2.75. The third-order valence-corrected chi connectivity index (χ3v) is 5.18. The monoisotopic (exact) mass is 603 g/mol. The predicted molar refractivity (Wildman–Crippen MR) is 75.9 cm³/mol. The van der Waals surface area contributed by atoms with Gasteiger partial charge in [0.1, 0.15) is 12.5 Å². The van der Waals surface area contributed by atoms with Gasteiger partial charge in [-0.05, 0) is 13.8 Å². The second-order valence-corrected chi connectivity index (χ2v) is 8.18. The lowest BCUT2D eigenvalue weighted by Gasteiger charge is -2.42. The van der Waals surface area contributed by atoms with Crippen molar-refractivity contribution < 1.29 is 97.6 Å². The molecule has 0 bridgehead atoms. The van der Waals surface area contributed by atoms with Crippen LogP contribution in [0.1, 0.15) is 13.8 Å². The summed E-state index contributed by atoms with van der Waals surface area (Å²) in [6.45, 7) is 0.621. The topological polar surface area (TPSA) is 87.1 Å². The van der Waals surface area contributed by atoms with Gasteiger partial charge >= 0.3 is 57.1 Å². The van der Waals surface area contributed by atoms with Crippen LogP contribution in [0.15, 0.2) is 0 Å². The number of nitrogens with zero attached hydrogens (tertiary/aromatic N) is 1. The Hall–Kier alpha value is -1.40. The molecule has 0 aliphatic heterocycles. The van der Waals surface area contributed by atoms with E-state index in [4.69, 9.17) is 10.2 Å². The second-order valence-electron chi connectivity index (χ2n) is 6.61. The molecule has 36 heavy (non-hydrogen) atoms. The van der Waals surface area contributed by atoms with Crippen molar-refractivity contribution in [3.63, 3.8) is 0 Å². The second kappa shape index (κ2) is 9.11. The van der Waals surface area contributed by atoms with Crippen LogP contribution in [0, 0.1) is 0 Å². The third kappa shape index (κ3) is 4.66. The van der Waals surface area contributed by atoms with E-state index in [1.807, 2.05) is 0 Å². The number of rotatable bonds is 11. The standard InChI is InChI=1S/C12H10F17NO5S/c1-3(31)30(4(2)32)35-36(33,34)12(28,29)10(23,24)8(19,20)6(15,16)5(13,14)7(17,18)9(21,22)11(25,26)27/h3-4,31-32H,1-2H3. The van der Waals surface area contributed by atoms with Crippen LogP contribution in [-0.2, 0) is 14.4 Å². The van der Waals surface area contributed by atoms with E-state index < -0.39 is 74.6 Å². The van der Waals surface area contributed by atoms with Gasteiger partial charge in [-0.1, -0.05) is 0 Å². The molecule has 2 atom stereocenters. The summed E-state index contributed by atoms with van der Waals surface area (Å²) in [6.07, 6.45) is -13.2. The molecule has 24 heteroatoms. The molecular weight excluding hydrogens is 593 g/mol. The first-order chi connectivity index (χ1) is 15.2. The zero-order chi connectivity index (χ0) is 29.9. The molecule has 0 aromatic rings. The Bertz CT molecular complexity index is 890. The van der Waals surface area contributed by atoms with E-state index in [0.717, 1.165) is 0 Å². The summed E-state index contributed by atoms with van der Waals surface area (Å²) >= 11 is 0. The zero-order valence-corrected chi connectivity index (χ0v) is 17.4. The average molecular weight is 603 g/mol. The van der Waals surface area contributed by atoms with E-state index in [1.165, 1.54) is 0 Å². The largest absolute Gasteiger partial charge is 0.460 e. The van der Waals surface area contributed by atoms with Gasteiger partial charge in [0, 0.05) is 0 Å². The van der Waals surface area contributed by atoms with Crippen LogP contribution >= 0.6 is 0 Å². The minimum absolute atomic E-state index is 0.310. The highest BCUT2D eigenvalue weighted by Gasteiger charge is 2.96. The fourth-order valence-corrected chi connectivity index (χ4v) is 2.91. The van der Waals surface area contributed by atoms with E-state index in [2.05, 4.69) is 4.28 Å². The van der Waals surface area contributed by atoms with Crippen LogP contribution in [0.2, 0.25) is 0 Å². The molecular formula is C12H10F17NO5S. The molecule has 6 nitrogen and oxygen atoms in total. The molecule has 0 heterocycles. The Morgan fingerprint density at radius 3 is 1.06 bits per heavy atom. The van der Waals surface area contributed by atoms with E-state index in [9.17, 15) is 83.1 Å². The first-order valence-electron chi connectivity index (χ1n) is 8.04. The molecule has 0 aromatic heterocycles. The van der Waals surface area contributed by atoms with Gasteiger partial charge in [-0.15, -0.1) is 5.06 Å². The van der Waals surface area contributed by atoms with Gasteiger partial charge < -0.3 is 10.2 Å². The predicted octanol–water partition coefficient (Wildman–Crippen LogP) is 4.19. The van der Waals surface area contributed by atoms with Crippen LogP contribution in [0.4, 0.5) is 74.6 Å². The van der Waals surface area contributed by atoms with Crippen LogP contribution in [0.5, 0.6) is 0 Å². The molecule has 0 saturated heterocycles. The number of hydroxylamine groups is 2. The first-order valence-corrected chi connectivity index (χ1v) is 9.45. The summed E-state index contributed by atoms with van der Waals surface area (Å²) in [6, 6.07) is 0. The summed E-state index contributed by atoms with van der Waals surface area (Å²) in [5.74, 6) is -52.4.